The Labute approximate surface area is 118 Å². The summed E-state index contributed by atoms with van der Waals surface area (Å²) in [6.45, 7) is 6.47. The van der Waals surface area contributed by atoms with Gasteiger partial charge in [-0.2, -0.15) is 0 Å². The van der Waals surface area contributed by atoms with Crippen LogP contribution in [0.25, 0.3) is 5.57 Å². The molecule has 4 nitrogen and oxygen atoms in total. The smallest absolute Gasteiger partial charge is 0.250 e. The van der Waals surface area contributed by atoms with Crippen molar-refractivity contribution < 1.29 is 4.74 Å². The fourth-order valence-corrected chi connectivity index (χ4v) is 2.90. The predicted molar refractivity (Wildman–Crippen MR) is 81.0 cm³/mol. The Morgan fingerprint density at radius 2 is 2.20 bits per heavy atom. The molecule has 0 radical (unpaired) electrons. The van der Waals surface area contributed by atoms with Crippen molar-refractivity contribution in [3.8, 4) is 0 Å². The summed E-state index contributed by atoms with van der Waals surface area (Å²) in [7, 11) is 0. The number of H-pyrrole nitrogens is 1. The van der Waals surface area contributed by atoms with Crippen molar-refractivity contribution in [2.75, 3.05) is 24.7 Å². The Balaban J connectivity index is 1.99. The number of aromatic amines is 1. The average molecular weight is 272 g/mol. The highest BCUT2D eigenvalue weighted by molar-refractivity contribution is 5.80. The lowest BCUT2D eigenvalue weighted by atomic mass is 10.1. The summed E-state index contributed by atoms with van der Waals surface area (Å²) < 4.78 is 5.46. The van der Waals surface area contributed by atoms with Gasteiger partial charge in [0, 0.05) is 24.3 Å². The first-order valence-electron chi connectivity index (χ1n) is 7.11. The maximum Gasteiger partial charge on any atom is 0.250 e. The second kappa shape index (κ2) is 5.29. The lowest BCUT2D eigenvalue weighted by molar-refractivity contribution is 0.0989. The minimum absolute atomic E-state index is 0.0446. The van der Waals surface area contributed by atoms with E-state index in [0.717, 1.165) is 29.9 Å². The van der Waals surface area contributed by atoms with E-state index in [9.17, 15) is 4.79 Å². The zero-order valence-corrected chi connectivity index (χ0v) is 12.0. The van der Waals surface area contributed by atoms with Crippen LogP contribution in [-0.2, 0) is 4.74 Å². The van der Waals surface area contributed by atoms with Gasteiger partial charge < -0.3 is 14.6 Å². The fourth-order valence-electron chi connectivity index (χ4n) is 2.90. The van der Waals surface area contributed by atoms with Crippen LogP contribution in [0.3, 0.4) is 0 Å². The Kier molecular flexibility index (Phi) is 3.49. The summed E-state index contributed by atoms with van der Waals surface area (Å²) >= 11 is 0. The quantitative estimate of drug-likeness (QED) is 0.898. The van der Waals surface area contributed by atoms with E-state index in [1.54, 1.807) is 6.07 Å². The van der Waals surface area contributed by atoms with Gasteiger partial charge in [0.05, 0.1) is 18.9 Å². The molecule has 20 heavy (non-hydrogen) atoms. The topological polar surface area (TPSA) is 45.3 Å². The van der Waals surface area contributed by atoms with Gasteiger partial charge in [0.15, 0.2) is 0 Å². The second-order valence-electron chi connectivity index (χ2n) is 5.47. The monoisotopic (exact) mass is 272 g/mol. The number of hydrogen-bond donors (Lipinski definition) is 1. The number of pyridine rings is 1. The first-order valence-corrected chi connectivity index (χ1v) is 7.11. The third-order valence-electron chi connectivity index (χ3n) is 3.99. The summed E-state index contributed by atoms with van der Waals surface area (Å²) in [6.07, 6.45) is 5.28. The van der Waals surface area contributed by atoms with Crippen LogP contribution in [0.5, 0.6) is 0 Å². The minimum Gasteiger partial charge on any atom is -0.377 e. The molecular weight excluding hydrogens is 252 g/mol. The SMILES string of the molecule is CC1=CCC=C1c1cc(N2CCOC[C@H]2C)cc(=O)[nH]1. The van der Waals surface area contributed by atoms with E-state index < -0.39 is 0 Å². The highest BCUT2D eigenvalue weighted by atomic mass is 16.5. The van der Waals surface area contributed by atoms with E-state index in [2.05, 4.69) is 41.9 Å². The number of nitrogens with zero attached hydrogens (tertiary/aromatic N) is 1. The van der Waals surface area contributed by atoms with Gasteiger partial charge in [-0.25, -0.2) is 0 Å². The summed E-state index contributed by atoms with van der Waals surface area (Å²) in [5.41, 5.74) is 4.23. The Morgan fingerprint density at radius 3 is 2.90 bits per heavy atom. The molecule has 106 valence electrons. The van der Waals surface area contributed by atoms with E-state index in [1.165, 1.54) is 5.57 Å². The molecule has 1 atom stereocenters. The molecule has 1 aromatic heterocycles. The maximum atomic E-state index is 12.0. The van der Waals surface area contributed by atoms with Crippen LogP contribution in [0.4, 0.5) is 5.69 Å². The number of morpholine rings is 1. The first kappa shape index (κ1) is 13.2. The van der Waals surface area contributed by atoms with Crippen molar-refractivity contribution in [1.82, 2.24) is 4.98 Å². The number of rotatable bonds is 2. The van der Waals surface area contributed by atoms with Gasteiger partial charge in [-0.3, -0.25) is 4.79 Å². The van der Waals surface area contributed by atoms with Crippen LogP contribution in [0.15, 0.2) is 34.7 Å². The van der Waals surface area contributed by atoms with Gasteiger partial charge in [0.2, 0.25) is 5.56 Å². The number of nitrogens with one attached hydrogen (secondary N) is 1. The summed E-state index contributed by atoms with van der Waals surface area (Å²) in [5.74, 6) is 0. The van der Waals surface area contributed by atoms with Crippen molar-refractivity contribution in [3.05, 3.63) is 45.9 Å². The molecule has 1 saturated heterocycles. The molecule has 2 heterocycles. The molecule has 2 aliphatic rings. The van der Waals surface area contributed by atoms with Crippen molar-refractivity contribution >= 4 is 11.3 Å². The van der Waals surface area contributed by atoms with E-state index in [0.29, 0.717) is 19.3 Å². The van der Waals surface area contributed by atoms with Gasteiger partial charge in [-0.05, 0) is 37.5 Å². The van der Waals surface area contributed by atoms with Crippen molar-refractivity contribution in [2.45, 2.75) is 26.3 Å². The normalized spacial score (nSPS) is 22.7. The van der Waals surface area contributed by atoms with Crippen LogP contribution < -0.4 is 10.5 Å². The average Bonchev–Trinajstić information content (AvgIpc) is 2.85. The second-order valence-corrected chi connectivity index (χ2v) is 5.47. The van der Waals surface area contributed by atoms with Crippen LogP contribution in [0.2, 0.25) is 0 Å². The van der Waals surface area contributed by atoms with Gasteiger partial charge in [-0.1, -0.05) is 12.2 Å². The van der Waals surface area contributed by atoms with Crippen molar-refractivity contribution in [1.29, 1.82) is 0 Å². The Hall–Kier alpha value is -1.81. The molecule has 1 aliphatic carbocycles. The molecule has 1 fully saturated rings. The molecule has 3 rings (SSSR count). The largest absolute Gasteiger partial charge is 0.377 e. The lowest BCUT2D eigenvalue weighted by Gasteiger charge is -2.35. The van der Waals surface area contributed by atoms with Gasteiger partial charge in [0.25, 0.3) is 0 Å². The van der Waals surface area contributed by atoms with Gasteiger partial charge >= 0.3 is 0 Å². The third-order valence-corrected chi connectivity index (χ3v) is 3.99. The molecule has 0 spiro atoms. The van der Waals surface area contributed by atoms with Crippen molar-refractivity contribution in [2.24, 2.45) is 0 Å². The van der Waals surface area contributed by atoms with Crippen LogP contribution in [-0.4, -0.2) is 30.8 Å². The number of allylic oxidation sites excluding steroid dienone is 4. The first-order chi connectivity index (χ1) is 9.65. The Morgan fingerprint density at radius 1 is 1.35 bits per heavy atom. The highest BCUT2D eigenvalue weighted by Gasteiger charge is 2.20. The molecular formula is C16H20N2O2. The minimum atomic E-state index is -0.0446. The van der Waals surface area contributed by atoms with Gasteiger partial charge in [-0.15, -0.1) is 0 Å². The summed E-state index contributed by atoms with van der Waals surface area (Å²) in [6, 6.07) is 4.06. The third kappa shape index (κ3) is 2.43. The van der Waals surface area contributed by atoms with Crippen LogP contribution in [0, 0.1) is 0 Å². The van der Waals surface area contributed by atoms with E-state index in [1.807, 2.05) is 0 Å². The molecule has 0 unspecified atom stereocenters. The molecule has 0 bridgehead atoms. The maximum absolute atomic E-state index is 12.0. The molecule has 0 aromatic carbocycles. The summed E-state index contributed by atoms with van der Waals surface area (Å²) in [5, 5.41) is 0. The van der Waals surface area contributed by atoms with Crippen LogP contribution in [0.1, 0.15) is 26.0 Å². The number of ether oxygens (including phenoxy) is 1. The number of aromatic nitrogens is 1. The van der Waals surface area contributed by atoms with E-state index >= 15 is 0 Å². The summed E-state index contributed by atoms with van der Waals surface area (Å²) in [4.78, 5) is 17.2. The van der Waals surface area contributed by atoms with E-state index in [-0.39, 0.29) is 5.56 Å². The molecule has 1 N–H and O–H groups in total. The molecule has 1 aromatic rings. The zero-order valence-electron chi connectivity index (χ0n) is 12.0. The van der Waals surface area contributed by atoms with Crippen LogP contribution >= 0.6 is 0 Å². The van der Waals surface area contributed by atoms with Gasteiger partial charge in [0.1, 0.15) is 0 Å². The number of hydrogen-bond acceptors (Lipinski definition) is 3. The molecule has 0 saturated carbocycles. The molecule has 1 aliphatic heterocycles. The van der Waals surface area contributed by atoms with E-state index in [4.69, 9.17) is 4.74 Å². The zero-order chi connectivity index (χ0) is 14.1. The fraction of sp³-hybridized carbons (Fsp3) is 0.438. The standard InChI is InChI=1S/C16H20N2O2/c1-11-4-3-5-14(11)15-8-13(9-16(19)17-15)18-6-7-20-10-12(18)2/h4-5,8-9,12H,3,6-7,10H2,1-2H3,(H,17,19)/t12-/m1/s1. The molecule has 0 amide bonds. The molecule has 4 heteroatoms. The Bertz CT molecular complexity index is 628. The highest BCUT2D eigenvalue weighted by Crippen LogP contribution is 2.29. The predicted octanol–water partition coefficient (Wildman–Crippen LogP) is 2.33. The number of anilines is 1. The lowest BCUT2D eigenvalue weighted by Crippen LogP contribution is -2.44. The van der Waals surface area contributed by atoms with Crippen molar-refractivity contribution in [3.63, 3.8) is 0 Å².